The Bertz CT molecular complexity index is 949. The summed E-state index contributed by atoms with van der Waals surface area (Å²) in [6, 6.07) is 12.7. The van der Waals surface area contributed by atoms with Crippen molar-refractivity contribution in [1.29, 1.82) is 0 Å². The minimum absolute atomic E-state index is 0.223. The van der Waals surface area contributed by atoms with Gasteiger partial charge in [0.2, 0.25) is 0 Å². The molecule has 0 fully saturated rings. The topological polar surface area (TPSA) is 68.6 Å². The van der Waals surface area contributed by atoms with Crippen LogP contribution in [0.2, 0.25) is 0 Å². The first-order chi connectivity index (χ1) is 10.5. The second kappa shape index (κ2) is 6.06. The highest BCUT2D eigenvalue weighted by atomic mass is 79.9. The van der Waals surface area contributed by atoms with Gasteiger partial charge in [0.1, 0.15) is 5.69 Å². The van der Waals surface area contributed by atoms with Crippen molar-refractivity contribution in [3.05, 3.63) is 67.4 Å². The van der Waals surface area contributed by atoms with Crippen LogP contribution in [-0.4, -0.2) is 6.21 Å². The molecule has 0 unspecified atom stereocenters. The Balaban J connectivity index is 2.10. The minimum Gasteiger partial charge on any atom is -0.420 e. The summed E-state index contributed by atoms with van der Waals surface area (Å²) >= 11 is 6.78. The molecule has 110 valence electrons. The summed E-state index contributed by atoms with van der Waals surface area (Å²) in [5, 5.41) is 0.772. The van der Waals surface area contributed by atoms with Crippen LogP contribution in [0, 0.1) is 0 Å². The van der Waals surface area contributed by atoms with Gasteiger partial charge in [-0.15, -0.1) is 0 Å². The van der Waals surface area contributed by atoms with Crippen molar-refractivity contribution in [3.63, 3.8) is 0 Å². The molecule has 4 nitrogen and oxygen atoms in total. The lowest BCUT2D eigenvalue weighted by atomic mass is 10.2. The molecular weight excluding hydrogens is 412 g/mol. The van der Waals surface area contributed by atoms with Crippen molar-refractivity contribution in [2.24, 2.45) is 4.99 Å². The number of benzene rings is 2. The number of para-hydroxylation sites is 1. The van der Waals surface area contributed by atoms with Gasteiger partial charge in [0.05, 0.1) is 4.47 Å². The van der Waals surface area contributed by atoms with Gasteiger partial charge in [0.15, 0.2) is 5.58 Å². The van der Waals surface area contributed by atoms with E-state index in [1.54, 1.807) is 18.3 Å². The van der Waals surface area contributed by atoms with Gasteiger partial charge >= 0.3 is 5.63 Å². The summed E-state index contributed by atoms with van der Waals surface area (Å²) in [4.78, 5) is 16.2. The molecule has 2 aromatic carbocycles. The van der Waals surface area contributed by atoms with Crippen molar-refractivity contribution in [2.45, 2.75) is 0 Å². The van der Waals surface area contributed by atoms with Crippen LogP contribution in [0.3, 0.4) is 0 Å². The molecule has 0 aliphatic carbocycles. The first kappa shape index (κ1) is 15.0. The molecule has 1 heterocycles. The SMILES string of the molecule is Nc1ccccc1C=Nc1cc2cc(Br)cc(Br)c2oc1=O. The van der Waals surface area contributed by atoms with Crippen molar-refractivity contribution in [1.82, 2.24) is 0 Å². The maximum Gasteiger partial charge on any atom is 0.362 e. The predicted molar refractivity (Wildman–Crippen MR) is 96.0 cm³/mol. The van der Waals surface area contributed by atoms with E-state index in [0.717, 1.165) is 15.4 Å². The molecular formula is C16H10Br2N2O2. The van der Waals surface area contributed by atoms with E-state index in [4.69, 9.17) is 10.2 Å². The van der Waals surface area contributed by atoms with Crippen LogP contribution in [0.15, 0.2) is 65.6 Å². The number of fused-ring (bicyclic) bond motifs is 1. The fourth-order valence-corrected chi connectivity index (χ4v) is 3.34. The molecule has 0 saturated heterocycles. The molecule has 0 radical (unpaired) electrons. The lowest BCUT2D eigenvalue weighted by Gasteiger charge is -2.02. The summed E-state index contributed by atoms with van der Waals surface area (Å²) in [5.41, 5.74) is 7.41. The normalized spacial score (nSPS) is 11.4. The molecule has 0 atom stereocenters. The summed E-state index contributed by atoms with van der Waals surface area (Å²) in [5.74, 6) is 0. The van der Waals surface area contributed by atoms with Crippen LogP contribution in [0.4, 0.5) is 11.4 Å². The lowest BCUT2D eigenvalue weighted by Crippen LogP contribution is -1.99. The summed E-state index contributed by atoms with van der Waals surface area (Å²) in [6.45, 7) is 0. The summed E-state index contributed by atoms with van der Waals surface area (Å²) in [6.07, 6.45) is 1.56. The largest absolute Gasteiger partial charge is 0.420 e. The molecule has 0 amide bonds. The molecule has 3 aromatic rings. The molecule has 2 N–H and O–H groups in total. The van der Waals surface area contributed by atoms with Crippen LogP contribution >= 0.6 is 31.9 Å². The lowest BCUT2D eigenvalue weighted by molar-refractivity contribution is 0.561. The first-order valence-corrected chi connectivity index (χ1v) is 7.94. The molecule has 3 rings (SSSR count). The van der Waals surface area contributed by atoms with E-state index >= 15 is 0 Å². The zero-order valence-electron chi connectivity index (χ0n) is 11.2. The van der Waals surface area contributed by atoms with E-state index in [0.29, 0.717) is 15.7 Å². The van der Waals surface area contributed by atoms with Crippen molar-refractivity contribution < 1.29 is 4.42 Å². The first-order valence-electron chi connectivity index (χ1n) is 6.36. The number of nitrogens with zero attached hydrogens (tertiary/aromatic N) is 1. The van der Waals surface area contributed by atoms with E-state index in [1.165, 1.54) is 0 Å². The van der Waals surface area contributed by atoms with Crippen molar-refractivity contribution in [3.8, 4) is 0 Å². The van der Waals surface area contributed by atoms with Gasteiger partial charge in [0.25, 0.3) is 0 Å². The molecule has 0 aliphatic rings. The third kappa shape index (κ3) is 2.98. The maximum atomic E-state index is 12.0. The monoisotopic (exact) mass is 420 g/mol. The Kier molecular flexibility index (Phi) is 4.13. The van der Waals surface area contributed by atoms with Crippen LogP contribution in [0.25, 0.3) is 11.0 Å². The second-order valence-corrected chi connectivity index (χ2v) is 6.38. The van der Waals surface area contributed by atoms with Gasteiger partial charge in [-0.1, -0.05) is 34.1 Å². The second-order valence-electron chi connectivity index (χ2n) is 4.61. The Morgan fingerprint density at radius 1 is 1.14 bits per heavy atom. The molecule has 1 aromatic heterocycles. The number of anilines is 1. The smallest absolute Gasteiger partial charge is 0.362 e. The molecule has 6 heteroatoms. The van der Waals surface area contributed by atoms with Gasteiger partial charge in [-0.25, -0.2) is 9.79 Å². The minimum atomic E-state index is -0.499. The number of halogens is 2. The molecule has 22 heavy (non-hydrogen) atoms. The number of hydrogen-bond acceptors (Lipinski definition) is 4. The van der Waals surface area contributed by atoms with Crippen LogP contribution < -0.4 is 11.4 Å². The Labute approximate surface area is 142 Å². The molecule has 0 saturated carbocycles. The Hall–Kier alpha value is -1.92. The number of rotatable bonds is 2. The highest BCUT2D eigenvalue weighted by Gasteiger charge is 2.08. The standard InChI is InChI=1S/C16H10Br2N2O2/c17-11-5-10-6-14(16(21)22-15(10)12(18)7-11)20-8-9-3-1-2-4-13(9)19/h1-8H,19H2. The summed E-state index contributed by atoms with van der Waals surface area (Å²) in [7, 11) is 0. The third-order valence-electron chi connectivity index (χ3n) is 3.07. The number of nitrogens with two attached hydrogens (primary N) is 1. The molecule has 0 spiro atoms. The van der Waals surface area contributed by atoms with E-state index in [2.05, 4.69) is 36.9 Å². The van der Waals surface area contributed by atoms with Crippen molar-refractivity contribution >= 4 is 60.4 Å². The zero-order valence-corrected chi connectivity index (χ0v) is 14.4. The van der Waals surface area contributed by atoms with Gasteiger partial charge in [0, 0.05) is 27.3 Å². The van der Waals surface area contributed by atoms with E-state index in [-0.39, 0.29) is 5.69 Å². The third-order valence-corrected chi connectivity index (χ3v) is 4.12. The molecule has 0 bridgehead atoms. The summed E-state index contributed by atoms with van der Waals surface area (Å²) < 4.78 is 6.91. The van der Waals surface area contributed by atoms with Crippen LogP contribution in [0.5, 0.6) is 0 Å². The van der Waals surface area contributed by atoms with Gasteiger partial charge in [-0.3, -0.25) is 0 Å². The van der Waals surface area contributed by atoms with E-state index < -0.39 is 5.63 Å². The number of aliphatic imine (C=N–C) groups is 1. The van der Waals surface area contributed by atoms with Gasteiger partial charge in [-0.2, -0.15) is 0 Å². The average Bonchev–Trinajstić information content (AvgIpc) is 2.47. The van der Waals surface area contributed by atoms with Crippen molar-refractivity contribution in [2.75, 3.05) is 5.73 Å². The highest BCUT2D eigenvalue weighted by molar-refractivity contribution is 9.11. The van der Waals surface area contributed by atoms with Crippen LogP contribution in [0.1, 0.15) is 5.56 Å². The number of hydrogen-bond donors (Lipinski definition) is 1. The Morgan fingerprint density at radius 2 is 1.91 bits per heavy atom. The average molecular weight is 422 g/mol. The van der Waals surface area contributed by atoms with Crippen LogP contribution in [-0.2, 0) is 0 Å². The van der Waals surface area contributed by atoms with Gasteiger partial charge < -0.3 is 10.2 Å². The highest BCUT2D eigenvalue weighted by Crippen LogP contribution is 2.29. The fourth-order valence-electron chi connectivity index (χ4n) is 2.00. The molecule has 0 aliphatic heterocycles. The zero-order chi connectivity index (χ0) is 15.7. The number of nitrogen functional groups attached to an aromatic ring is 1. The van der Waals surface area contributed by atoms with E-state index in [9.17, 15) is 4.79 Å². The quantitative estimate of drug-likeness (QED) is 0.372. The van der Waals surface area contributed by atoms with Gasteiger partial charge in [-0.05, 0) is 40.2 Å². The maximum absolute atomic E-state index is 12.0. The fraction of sp³-hybridized carbons (Fsp3) is 0. The predicted octanol–water partition coefficient (Wildman–Crippen LogP) is 4.65. The Morgan fingerprint density at radius 3 is 2.68 bits per heavy atom. The van der Waals surface area contributed by atoms with E-state index in [1.807, 2.05) is 30.3 Å².